The number of fused-ring (bicyclic) bond motifs is 1. The third kappa shape index (κ3) is 2.76. The van der Waals surface area contributed by atoms with Gasteiger partial charge in [0.15, 0.2) is 5.78 Å². The number of hydrogen-bond acceptors (Lipinski definition) is 1. The number of ketones is 1. The second kappa shape index (κ2) is 5.49. The highest BCUT2D eigenvalue weighted by molar-refractivity contribution is 9.10. The molecule has 0 saturated heterocycles. The van der Waals surface area contributed by atoms with Crippen LogP contribution in [0.5, 0.6) is 0 Å². The van der Waals surface area contributed by atoms with E-state index in [-0.39, 0.29) is 0 Å². The molecule has 2 aromatic rings. The molecule has 1 saturated carbocycles. The van der Waals surface area contributed by atoms with E-state index in [0.29, 0.717) is 18.1 Å². The maximum atomic E-state index is 12.4. The van der Waals surface area contributed by atoms with Crippen LogP contribution in [0.2, 0.25) is 0 Å². The molecule has 0 radical (unpaired) electrons. The number of benzene rings is 1. The molecule has 3 rings (SSSR count). The van der Waals surface area contributed by atoms with Crippen molar-refractivity contribution in [3.63, 3.8) is 0 Å². The van der Waals surface area contributed by atoms with Crippen LogP contribution >= 0.6 is 15.9 Å². The SMILES string of the molecule is O=C(CC1CCCCC1)c1c[nH]c2cc(Br)ccc12. The van der Waals surface area contributed by atoms with Crippen molar-refractivity contribution in [1.29, 1.82) is 0 Å². The number of H-pyrrole nitrogens is 1. The number of rotatable bonds is 3. The highest BCUT2D eigenvalue weighted by Crippen LogP contribution is 2.29. The van der Waals surface area contributed by atoms with Crippen molar-refractivity contribution in [2.24, 2.45) is 5.92 Å². The molecule has 1 N–H and O–H groups in total. The summed E-state index contributed by atoms with van der Waals surface area (Å²) in [6, 6.07) is 6.03. The number of carbonyl (C=O) groups excluding carboxylic acids is 1. The number of aromatic nitrogens is 1. The molecule has 1 aliphatic rings. The molecule has 1 aromatic carbocycles. The maximum Gasteiger partial charge on any atom is 0.165 e. The highest BCUT2D eigenvalue weighted by Gasteiger charge is 2.19. The van der Waals surface area contributed by atoms with Gasteiger partial charge in [0, 0.05) is 33.6 Å². The number of aromatic amines is 1. The van der Waals surface area contributed by atoms with Crippen LogP contribution in [0, 0.1) is 5.92 Å². The van der Waals surface area contributed by atoms with Crippen LogP contribution < -0.4 is 0 Å². The van der Waals surface area contributed by atoms with Gasteiger partial charge in [0.1, 0.15) is 0 Å². The van der Waals surface area contributed by atoms with Crippen molar-refractivity contribution in [2.75, 3.05) is 0 Å². The first-order valence-corrected chi connectivity index (χ1v) is 7.83. The van der Waals surface area contributed by atoms with Gasteiger partial charge in [0.05, 0.1) is 0 Å². The number of Topliss-reactive ketones (excluding diaryl/α,β-unsaturated/α-hetero) is 1. The molecule has 0 spiro atoms. The lowest BCUT2D eigenvalue weighted by atomic mass is 9.85. The van der Waals surface area contributed by atoms with Crippen molar-refractivity contribution < 1.29 is 4.79 Å². The molecular weight excluding hydrogens is 302 g/mol. The van der Waals surface area contributed by atoms with E-state index in [2.05, 4.69) is 20.9 Å². The second-order valence-electron chi connectivity index (χ2n) is 5.52. The molecule has 0 unspecified atom stereocenters. The van der Waals surface area contributed by atoms with Crippen molar-refractivity contribution in [3.8, 4) is 0 Å². The zero-order valence-corrected chi connectivity index (χ0v) is 12.5. The minimum absolute atomic E-state index is 0.292. The molecule has 2 nitrogen and oxygen atoms in total. The normalized spacial score (nSPS) is 16.9. The van der Waals surface area contributed by atoms with E-state index < -0.39 is 0 Å². The van der Waals surface area contributed by atoms with Gasteiger partial charge in [-0.3, -0.25) is 4.79 Å². The summed E-state index contributed by atoms with van der Waals surface area (Å²) in [7, 11) is 0. The first-order valence-electron chi connectivity index (χ1n) is 7.04. The molecule has 0 atom stereocenters. The van der Waals surface area contributed by atoms with Gasteiger partial charge < -0.3 is 4.98 Å². The molecule has 100 valence electrons. The van der Waals surface area contributed by atoms with Crippen molar-refractivity contribution in [2.45, 2.75) is 38.5 Å². The molecule has 1 fully saturated rings. The van der Waals surface area contributed by atoms with E-state index in [1.807, 2.05) is 24.4 Å². The minimum Gasteiger partial charge on any atom is -0.360 e. The van der Waals surface area contributed by atoms with Gasteiger partial charge in [-0.05, 0) is 18.1 Å². The Morgan fingerprint density at radius 1 is 1.26 bits per heavy atom. The Bertz CT molecular complexity index is 596. The lowest BCUT2D eigenvalue weighted by Crippen LogP contribution is -2.12. The van der Waals surface area contributed by atoms with E-state index >= 15 is 0 Å². The Labute approximate surface area is 121 Å². The van der Waals surface area contributed by atoms with Crippen molar-refractivity contribution in [1.82, 2.24) is 4.98 Å². The zero-order valence-electron chi connectivity index (χ0n) is 10.9. The van der Waals surface area contributed by atoms with Crippen molar-refractivity contribution in [3.05, 3.63) is 34.4 Å². The smallest absolute Gasteiger partial charge is 0.165 e. The number of hydrogen-bond donors (Lipinski definition) is 1. The standard InChI is InChI=1S/C16H18BrNO/c17-12-6-7-13-14(10-18-15(13)9-12)16(19)8-11-4-2-1-3-5-11/h6-7,9-11,18H,1-5,8H2. The Balaban J connectivity index is 1.81. The highest BCUT2D eigenvalue weighted by atomic mass is 79.9. The topological polar surface area (TPSA) is 32.9 Å². The lowest BCUT2D eigenvalue weighted by molar-refractivity contribution is 0.0952. The summed E-state index contributed by atoms with van der Waals surface area (Å²) in [6.07, 6.45) is 8.94. The summed E-state index contributed by atoms with van der Waals surface area (Å²) in [5, 5.41) is 1.05. The van der Waals surface area contributed by atoms with Crippen LogP contribution in [0.25, 0.3) is 10.9 Å². The Kier molecular flexibility index (Phi) is 3.74. The monoisotopic (exact) mass is 319 g/mol. The average molecular weight is 320 g/mol. The molecule has 0 bridgehead atoms. The summed E-state index contributed by atoms with van der Waals surface area (Å²) in [6.45, 7) is 0. The van der Waals surface area contributed by atoms with E-state index in [4.69, 9.17) is 0 Å². The van der Waals surface area contributed by atoms with E-state index in [1.54, 1.807) is 0 Å². The summed E-state index contributed by atoms with van der Waals surface area (Å²) in [5.41, 5.74) is 1.88. The largest absolute Gasteiger partial charge is 0.360 e. The fraction of sp³-hybridized carbons (Fsp3) is 0.438. The van der Waals surface area contributed by atoms with Gasteiger partial charge in [-0.1, -0.05) is 54.1 Å². The number of halogens is 1. The summed E-state index contributed by atoms with van der Waals surface area (Å²) >= 11 is 3.45. The number of nitrogens with one attached hydrogen (secondary N) is 1. The van der Waals surface area contributed by atoms with Gasteiger partial charge in [-0.15, -0.1) is 0 Å². The second-order valence-corrected chi connectivity index (χ2v) is 6.44. The number of carbonyl (C=O) groups is 1. The molecule has 3 heteroatoms. The fourth-order valence-electron chi connectivity index (χ4n) is 3.09. The summed E-state index contributed by atoms with van der Waals surface area (Å²) in [5.74, 6) is 0.891. The van der Waals surface area contributed by atoms with Gasteiger partial charge in [-0.25, -0.2) is 0 Å². The van der Waals surface area contributed by atoms with Gasteiger partial charge in [0.25, 0.3) is 0 Å². The molecule has 1 heterocycles. The predicted molar refractivity (Wildman–Crippen MR) is 81.5 cm³/mol. The van der Waals surface area contributed by atoms with Crippen LogP contribution in [-0.2, 0) is 0 Å². The first kappa shape index (κ1) is 12.9. The average Bonchev–Trinajstić information content (AvgIpc) is 2.82. The van der Waals surface area contributed by atoms with Gasteiger partial charge in [-0.2, -0.15) is 0 Å². The van der Waals surface area contributed by atoms with Crippen LogP contribution in [0.15, 0.2) is 28.9 Å². The minimum atomic E-state index is 0.292. The molecule has 1 aliphatic carbocycles. The Hall–Kier alpha value is -1.09. The van der Waals surface area contributed by atoms with Crippen molar-refractivity contribution >= 4 is 32.6 Å². The Morgan fingerprint density at radius 2 is 2.05 bits per heavy atom. The lowest BCUT2D eigenvalue weighted by Gasteiger charge is -2.20. The summed E-state index contributed by atoms with van der Waals surface area (Å²) < 4.78 is 1.04. The van der Waals surface area contributed by atoms with Crippen LogP contribution in [0.4, 0.5) is 0 Å². The zero-order chi connectivity index (χ0) is 13.2. The van der Waals surface area contributed by atoms with Gasteiger partial charge in [0.2, 0.25) is 0 Å². The first-order chi connectivity index (χ1) is 9.24. The molecule has 0 amide bonds. The molecule has 0 aliphatic heterocycles. The third-order valence-corrected chi connectivity index (χ3v) is 4.64. The van der Waals surface area contributed by atoms with Crippen LogP contribution in [0.1, 0.15) is 48.9 Å². The third-order valence-electron chi connectivity index (χ3n) is 4.14. The van der Waals surface area contributed by atoms with E-state index in [1.165, 1.54) is 32.1 Å². The van der Waals surface area contributed by atoms with E-state index in [0.717, 1.165) is 20.9 Å². The quantitative estimate of drug-likeness (QED) is 0.786. The fourth-order valence-corrected chi connectivity index (χ4v) is 3.45. The predicted octanol–water partition coefficient (Wildman–Crippen LogP) is 5.08. The molecule has 1 aromatic heterocycles. The molecule has 19 heavy (non-hydrogen) atoms. The van der Waals surface area contributed by atoms with Gasteiger partial charge >= 0.3 is 0 Å². The van der Waals surface area contributed by atoms with E-state index in [9.17, 15) is 4.79 Å². The summed E-state index contributed by atoms with van der Waals surface area (Å²) in [4.78, 5) is 15.6. The maximum absolute atomic E-state index is 12.4. The van der Waals surface area contributed by atoms with Crippen LogP contribution in [0.3, 0.4) is 0 Å². The Morgan fingerprint density at radius 3 is 2.84 bits per heavy atom. The molecular formula is C16H18BrNO. The van der Waals surface area contributed by atoms with Crippen LogP contribution in [-0.4, -0.2) is 10.8 Å².